The molecule has 1 aromatic carbocycles. The molecule has 0 amide bonds. The first kappa shape index (κ1) is 11.3. The van der Waals surface area contributed by atoms with Gasteiger partial charge in [0.15, 0.2) is 9.84 Å². The van der Waals surface area contributed by atoms with E-state index < -0.39 is 19.9 Å². The molecule has 1 aliphatic rings. The van der Waals surface area contributed by atoms with Crippen LogP contribution in [0.4, 0.5) is 0 Å². The van der Waals surface area contributed by atoms with Crippen molar-refractivity contribution in [2.45, 2.75) is 9.79 Å². The lowest BCUT2D eigenvalue weighted by Crippen LogP contribution is -2.20. The van der Waals surface area contributed by atoms with E-state index in [2.05, 4.69) is 0 Å². The van der Waals surface area contributed by atoms with Gasteiger partial charge in [-0.2, -0.15) is 0 Å². The Hall–Kier alpha value is -1.18. The number of primary sulfonamides is 1. The number of hydrogen-bond acceptors (Lipinski definition) is 4. The van der Waals surface area contributed by atoms with Gasteiger partial charge in [0.1, 0.15) is 4.90 Å². The summed E-state index contributed by atoms with van der Waals surface area (Å²) in [7, 11) is -7.63. The molecular weight excluding hydrogens is 250 g/mol. The molecule has 0 unspecified atom stereocenters. The average molecular weight is 259 g/mol. The van der Waals surface area contributed by atoms with Gasteiger partial charge in [0.05, 0.1) is 10.6 Å². The van der Waals surface area contributed by atoms with Crippen LogP contribution >= 0.6 is 0 Å². The van der Waals surface area contributed by atoms with Crippen molar-refractivity contribution in [1.29, 1.82) is 0 Å². The smallest absolute Gasteiger partial charge is 0.225 e. The third kappa shape index (κ3) is 1.77. The van der Waals surface area contributed by atoms with Crippen molar-refractivity contribution >= 4 is 25.9 Å². The van der Waals surface area contributed by atoms with E-state index in [1.54, 1.807) is 6.08 Å². The molecule has 1 aliphatic heterocycles. The Labute approximate surface area is 93.6 Å². The van der Waals surface area contributed by atoms with Crippen LogP contribution in [0, 0.1) is 0 Å². The second kappa shape index (κ2) is 3.41. The molecule has 16 heavy (non-hydrogen) atoms. The lowest BCUT2D eigenvalue weighted by atomic mass is 10.2. The monoisotopic (exact) mass is 259 g/mol. The van der Waals surface area contributed by atoms with Gasteiger partial charge in [-0.05, 0) is 11.6 Å². The van der Waals surface area contributed by atoms with Gasteiger partial charge in [0.25, 0.3) is 0 Å². The molecule has 0 atom stereocenters. The molecule has 0 spiro atoms. The number of sulfonamides is 1. The van der Waals surface area contributed by atoms with Crippen molar-refractivity contribution in [1.82, 2.24) is 0 Å². The molecule has 0 saturated carbocycles. The van der Waals surface area contributed by atoms with Crippen LogP contribution in [0.5, 0.6) is 0 Å². The number of rotatable bonds is 1. The molecule has 0 saturated heterocycles. The summed E-state index contributed by atoms with van der Waals surface area (Å²) in [4.78, 5) is -0.533. The van der Waals surface area contributed by atoms with Gasteiger partial charge in [-0.3, -0.25) is 0 Å². The van der Waals surface area contributed by atoms with E-state index in [-0.39, 0.29) is 15.5 Å². The van der Waals surface area contributed by atoms with Crippen LogP contribution in [0.25, 0.3) is 6.08 Å². The largest absolute Gasteiger partial charge is 0.239 e. The van der Waals surface area contributed by atoms with Crippen LogP contribution in [0.15, 0.2) is 34.1 Å². The van der Waals surface area contributed by atoms with E-state index in [1.807, 2.05) is 0 Å². The predicted molar refractivity (Wildman–Crippen MR) is 58.9 cm³/mol. The zero-order valence-electron chi connectivity index (χ0n) is 8.12. The van der Waals surface area contributed by atoms with Crippen molar-refractivity contribution in [2.75, 3.05) is 5.75 Å². The minimum atomic E-state index is -4.03. The van der Waals surface area contributed by atoms with Gasteiger partial charge in [0, 0.05) is 0 Å². The highest BCUT2D eigenvalue weighted by Crippen LogP contribution is 2.29. The van der Waals surface area contributed by atoms with Crippen molar-refractivity contribution in [2.24, 2.45) is 5.14 Å². The van der Waals surface area contributed by atoms with Crippen LogP contribution < -0.4 is 5.14 Å². The molecule has 0 aromatic heterocycles. The highest BCUT2D eigenvalue weighted by Gasteiger charge is 2.27. The van der Waals surface area contributed by atoms with Gasteiger partial charge in [-0.15, -0.1) is 0 Å². The topological polar surface area (TPSA) is 94.3 Å². The second-order valence-corrected chi connectivity index (χ2v) is 6.90. The minimum absolute atomic E-state index is 0.194. The first-order valence-electron chi connectivity index (χ1n) is 4.37. The summed E-state index contributed by atoms with van der Waals surface area (Å²) >= 11 is 0. The number of fused-ring (bicyclic) bond motifs is 1. The first-order chi connectivity index (χ1) is 7.32. The van der Waals surface area contributed by atoms with Crippen LogP contribution in [-0.4, -0.2) is 22.6 Å². The molecule has 1 aromatic rings. The van der Waals surface area contributed by atoms with Crippen LogP contribution in [0.3, 0.4) is 0 Å². The molecule has 0 aliphatic carbocycles. The third-order valence-electron chi connectivity index (χ3n) is 2.24. The van der Waals surface area contributed by atoms with E-state index >= 15 is 0 Å². The van der Waals surface area contributed by atoms with Gasteiger partial charge in [0.2, 0.25) is 10.0 Å². The summed E-state index contributed by atoms with van der Waals surface area (Å²) in [5.41, 5.74) is 0.359. The Morgan fingerprint density at radius 1 is 1.25 bits per heavy atom. The summed E-state index contributed by atoms with van der Waals surface area (Å²) in [5, 5.41) is 4.99. The molecule has 86 valence electrons. The fourth-order valence-electron chi connectivity index (χ4n) is 1.61. The Morgan fingerprint density at radius 2 is 1.94 bits per heavy atom. The number of benzene rings is 1. The van der Waals surface area contributed by atoms with E-state index in [9.17, 15) is 16.8 Å². The Morgan fingerprint density at radius 3 is 2.56 bits per heavy atom. The predicted octanol–water partition coefficient (Wildman–Crippen LogP) is 0.135. The molecule has 1 heterocycles. The summed E-state index contributed by atoms with van der Waals surface area (Å²) in [6, 6.07) is 4.20. The molecule has 5 nitrogen and oxygen atoms in total. The molecule has 0 fully saturated rings. The molecule has 0 radical (unpaired) electrons. The van der Waals surface area contributed by atoms with Crippen molar-refractivity contribution in [3.63, 3.8) is 0 Å². The molecule has 0 bridgehead atoms. The maximum Gasteiger partial charge on any atom is 0.239 e. The van der Waals surface area contributed by atoms with Crippen LogP contribution in [0.2, 0.25) is 0 Å². The van der Waals surface area contributed by atoms with Gasteiger partial charge in [-0.1, -0.05) is 24.3 Å². The molecule has 7 heteroatoms. The summed E-state index contributed by atoms with van der Waals surface area (Å²) in [6.07, 6.45) is 3.05. The quantitative estimate of drug-likeness (QED) is 0.775. The lowest BCUT2D eigenvalue weighted by molar-refractivity contribution is 0.584. The molecular formula is C9H9NO4S2. The fourth-order valence-corrected chi connectivity index (χ4v) is 4.37. The van der Waals surface area contributed by atoms with Crippen molar-refractivity contribution in [3.05, 3.63) is 29.8 Å². The zero-order chi connectivity index (χ0) is 12.0. The fraction of sp³-hybridized carbons (Fsp3) is 0.111. The lowest BCUT2D eigenvalue weighted by Gasteiger charge is -2.14. The van der Waals surface area contributed by atoms with Crippen molar-refractivity contribution in [3.8, 4) is 0 Å². The van der Waals surface area contributed by atoms with E-state index in [0.717, 1.165) is 0 Å². The first-order valence-corrected chi connectivity index (χ1v) is 7.57. The number of hydrogen-bond donors (Lipinski definition) is 1. The van der Waals surface area contributed by atoms with E-state index in [0.29, 0.717) is 5.56 Å². The Kier molecular flexibility index (Phi) is 2.41. The summed E-state index contributed by atoms with van der Waals surface area (Å²) in [6.45, 7) is 0. The zero-order valence-corrected chi connectivity index (χ0v) is 9.75. The average Bonchev–Trinajstić information content (AvgIpc) is 2.15. The SMILES string of the molecule is NS(=O)(=O)c1cccc2c1S(=O)(=O)CC=C2. The van der Waals surface area contributed by atoms with Gasteiger partial charge >= 0.3 is 0 Å². The number of nitrogens with two attached hydrogens (primary N) is 1. The number of sulfone groups is 1. The molecule has 2 N–H and O–H groups in total. The van der Waals surface area contributed by atoms with Crippen molar-refractivity contribution < 1.29 is 16.8 Å². The van der Waals surface area contributed by atoms with Crippen LogP contribution in [-0.2, 0) is 19.9 Å². The minimum Gasteiger partial charge on any atom is -0.225 e. The van der Waals surface area contributed by atoms with Gasteiger partial charge in [-0.25, -0.2) is 22.0 Å². The normalized spacial score (nSPS) is 18.1. The summed E-state index contributed by atoms with van der Waals surface area (Å²) in [5.74, 6) is -0.202. The van der Waals surface area contributed by atoms with Crippen LogP contribution in [0.1, 0.15) is 5.56 Å². The van der Waals surface area contributed by atoms with E-state index in [4.69, 9.17) is 5.14 Å². The standard InChI is InChI=1S/C9H9NO4S2/c10-16(13,14)8-5-1-3-7-4-2-6-15(11,12)9(7)8/h1-5H,6H2,(H2,10,13,14). The van der Waals surface area contributed by atoms with E-state index in [1.165, 1.54) is 24.3 Å². The maximum atomic E-state index is 11.8. The second-order valence-electron chi connectivity index (χ2n) is 3.40. The summed E-state index contributed by atoms with van der Waals surface area (Å²) < 4.78 is 46.1. The Bertz CT molecular complexity index is 671. The Balaban J connectivity index is 2.93. The third-order valence-corrected chi connectivity index (χ3v) is 5.03. The maximum absolute atomic E-state index is 11.8. The molecule has 2 rings (SSSR count). The highest BCUT2D eigenvalue weighted by molar-refractivity contribution is 7.93. The highest BCUT2D eigenvalue weighted by atomic mass is 32.2. The van der Waals surface area contributed by atoms with Gasteiger partial charge < -0.3 is 0 Å².